The first kappa shape index (κ1) is 14.7. The Balaban J connectivity index is 2.12. The number of nitro groups is 1. The predicted octanol–water partition coefficient (Wildman–Crippen LogP) is 4.03. The standard InChI is InChI=1S/C13H9ClFN3O3/c14-8-1-6-11(12(7-8)18(20)21)17-13(19)16-10-4-2-9(15)3-5-10/h1-7H,(H2,16,17,19). The highest BCUT2D eigenvalue weighted by Gasteiger charge is 2.16. The Hall–Kier alpha value is -2.67. The normalized spacial score (nSPS) is 10.0. The molecule has 0 aliphatic heterocycles. The molecule has 0 spiro atoms. The topological polar surface area (TPSA) is 84.3 Å². The molecule has 2 N–H and O–H groups in total. The van der Waals surface area contributed by atoms with Crippen molar-refractivity contribution in [1.29, 1.82) is 0 Å². The quantitative estimate of drug-likeness (QED) is 0.663. The second kappa shape index (κ2) is 6.19. The van der Waals surface area contributed by atoms with Gasteiger partial charge in [-0.15, -0.1) is 0 Å². The number of rotatable bonds is 3. The summed E-state index contributed by atoms with van der Waals surface area (Å²) in [5.74, 6) is -0.436. The van der Waals surface area contributed by atoms with Crippen LogP contribution >= 0.6 is 11.6 Å². The molecule has 108 valence electrons. The molecule has 2 amide bonds. The molecule has 0 heterocycles. The summed E-state index contributed by atoms with van der Waals surface area (Å²) < 4.78 is 12.7. The number of nitrogens with zero attached hydrogens (tertiary/aromatic N) is 1. The summed E-state index contributed by atoms with van der Waals surface area (Å²) in [5.41, 5.74) is 0.0336. The molecule has 0 saturated heterocycles. The first-order chi connectivity index (χ1) is 9.95. The van der Waals surface area contributed by atoms with Crippen molar-refractivity contribution in [2.75, 3.05) is 10.6 Å². The Labute approximate surface area is 123 Å². The minimum atomic E-state index is -0.688. The van der Waals surface area contributed by atoms with Crippen molar-refractivity contribution in [3.8, 4) is 0 Å². The van der Waals surface area contributed by atoms with Crippen LogP contribution in [-0.2, 0) is 0 Å². The molecular weight excluding hydrogens is 301 g/mol. The van der Waals surface area contributed by atoms with Crippen molar-refractivity contribution in [2.45, 2.75) is 0 Å². The second-order valence-corrected chi connectivity index (χ2v) is 4.44. The van der Waals surface area contributed by atoms with E-state index in [4.69, 9.17) is 11.6 Å². The zero-order valence-corrected chi connectivity index (χ0v) is 11.2. The number of nitro benzene ring substituents is 1. The third-order valence-corrected chi connectivity index (χ3v) is 2.74. The monoisotopic (exact) mass is 309 g/mol. The molecule has 2 aromatic rings. The molecule has 2 aromatic carbocycles. The summed E-state index contributed by atoms with van der Waals surface area (Å²) in [4.78, 5) is 22.0. The molecule has 0 atom stereocenters. The van der Waals surface area contributed by atoms with Gasteiger partial charge >= 0.3 is 6.03 Å². The largest absolute Gasteiger partial charge is 0.323 e. The smallest absolute Gasteiger partial charge is 0.308 e. The number of benzene rings is 2. The first-order valence-electron chi connectivity index (χ1n) is 5.73. The van der Waals surface area contributed by atoms with Crippen LogP contribution in [0.5, 0.6) is 0 Å². The van der Waals surface area contributed by atoms with E-state index in [-0.39, 0.29) is 16.4 Å². The molecule has 0 radical (unpaired) electrons. The van der Waals surface area contributed by atoms with Gasteiger partial charge < -0.3 is 10.6 Å². The van der Waals surface area contributed by atoms with E-state index < -0.39 is 16.8 Å². The van der Waals surface area contributed by atoms with Crippen molar-refractivity contribution < 1.29 is 14.1 Å². The van der Waals surface area contributed by atoms with E-state index in [1.165, 1.54) is 36.4 Å². The summed E-state index contributed by atoms with van der Waals surface area (Å²) in [6, 6.07) is 8.28. The maximum atomic E-state index is 12.7. The summed E-state index contributed by atoms with van der Waals surface area (Å²) in [6.45, 7) is 0. The number of halogens is 2. The third kappa shape index (κ3) is 3.90. The van der Waals surface area contributed by atoms with Crippen LogP contribution in [0.4, 0.5) is 26.2 Å². The Morgan fingerprint density at radius 1 is 1.14 bits per heavy atom. The Bertz CT molecular complexity index is 692. The van der Waals surface area contributed by atoms with Gasteiger partial charge in [0.25, 0.3) is 5.69 Å². The van der Waals surface area contributed by atoms with Crippen molar-refractivity contribution in [3.63, 3.8) is 0 Å². The fraction of sp³-hybridized carbons (Fsp3) is 0. The van der Waals surface area contributed by atoms with Gasteiger partial charge in [-0.1, -0.05) is 11.6 Å². The number of nitrogens with one attached hydrogen (secondary N) is 2. The van der Waals surface area contributed by atoms with Crippen LogP contribution in [0.2, 0.25) is 5.02 Å². The van der Waals surface area contributed by atoms with E-state index >= 15 is 0 Å². The van der Waals surface area contributed by atoms with E-state index in [1.807, 2.05) is 0 Å². The molecule has 0 aromatic heterocycles. The van der Waals surface area contributed by atoms with Gasteiger partial charge in [0.15, 0.2) is 0 Å². The summed E-state index contributed by atoms with van der Waals surface area (Å²) in [6.07, 6.45) is 0. The number of hydrogen-bond acceptors (Lipinski definition) is 3. The SMILES string of the molecule is O=C(Nc1ccc(F)cc1)Nc1ccc(Cl)cc1[N+](=O)[O-]. The van der Waals surface area contributed by atoms with Crippen molar-refractivity contribution in [3.05, 3.63) is 63.4 Å². The summed E-state index contributed by atoms with van der Waals surface area (Å²) >= 11 is 5.67. The van der Waals surface area contributed by atoms with Crippen molar-refractivity contribution in [1.82, 2.24) is 0 Å². The minimum Gasteiger partial charge on any atom is -0.308 e. The Morgan fingerprint density at radius 2 is 1.81 bits per heavy atom. The molecule has 21 heavy (non-hydrogen) atoms. The molecule has 8 heteroatoms. The molecule has 0 unspecified atom stereocenters. The molecule has 0 saturated carbocycles. The van der Waals surface area contributed by atoms with Crippen LogP contribution in [0.15, 0.2) is 42.5 Å². The third-order valence-electron chi connectivity index (χ3n) is 2.51. The highest BCUT2D eigenvalue weighted by atomic mass is 35.5. The molecule has 2 rings (SSSR count). The van der Waals surface area contributed by atoms with Gasteiger partial charge in [0.2, 0.25) is 0 Å². The number of hydrogen-bond donors (Lipinski definition) is 2. The number of urea groups is 1. The lowest BCUT2D eigenvalue weighted by atomic mass is 10.2. The van der Waals surface area contributed by atoms with E-state index in [1.54, 1.807) is 0 Å². The van der Waals surface area contributed by atoms with Gasteiger partial charge in [-0.3, -0.25) is 10.1 Å². The summed E-state index contributed by atoms with van der Waals surface area (Å²) in [7, 11) is 0. The lowest BCUT2D eigenvalue weighted by Gasteiger charge is -2.08. The van der Waals surface area contributed by atoms with Crippen LogP contribution in [0.1, 0.15) is 0 Å². The van der Waals surface area contributed by atoms with Gasteiger partial charge in [0.1, 0.15) is 11.5 Å². The van der Waals surface area contributed by atoms with Crippen molar-refractivity contribution >= 4 is 34.7 Å². The van der Waals surface area contributed by atoms with Gasteiger partial charge in [0, 0.05) is 16.8 Å². The average molecular weight is 310 g/mol. The fourth-order valence-corrected chi connectivity index (χ4v) is 1.75. The summed E-state index contributed by atoms with van der Waals surface area (Å²) in [5, 5.41) is 15.8. The molecule has 0 fully saturated rings. The second-order valence-electron chi connectivity index (χ2n) is 4.00. The number of amides is 2. The van der Waals surface area contributed by atoms with E-state index in [0.717, 1.165) is 6.07 Å². The molecular formula is C13H9ClFN3O3. The minimum absolute atomic E-state index is 0.00371. The lowest BCUT2D eigenvalue weighted by Crippen LogP contribution is -2.20. The van der Waals surface area contributed by atoms with Gasteiger partial charge in [-0.25, -0.2) is 9.18 Å². The molecule has 0 bridgehead atoms. The number of carbonyl (C=O) groups excluding carboxylic acids is 1. The van der Waals surface area contributed by atoms with Crippen LogP contribution in [0, 0.1) is 15.9 Å². The molecule has 0 aliphatic rings. The molecule has 0 aliphatic carbocycles. The highest BCUT2D eigenvalue weighted by molar-refractivity contribution is 6.31. The zero-order chi connectivity index (χ0) is 15.4. The number of anilines is 2. The van der Waals surface area contributed by atoms with Crippen molar-refractivity contribution in [2.24, 2.45) is 0 Å². The van der Waals surface area contributed by atoms with Gasteiger partial charge in [-0.2, -0.15) is 0 Å². The fourth-order valence-electron chi connectivity index (χ4n) is 1.58. The maximum absolute atomic E-state index is 12.7. The lowest BCUT2D eigenvalue weighted by molar-refractivity contribution is -0.383. The van der Waals surface area contributed by atoms with E-state index in [9.17, 15) is 19.3 Å². The van der Waals surface area contributed by atoms with E-state index in [0.29, 0.717) is 5.69 Å². The first-order valence-corrected chi connectivity index (χ1v) is 6.11. The van der Waals surface area contributed by atoms with Crippen LogP contribution in [-0.4, -0.2) is 11.0 Å². The Kier molecular flexibility index (Phi) is 4.34. The zero-order valence-electron chi connectivity index (χ0n) is 10.5. The number of carbonyl (C=O) groups is 1. The van der Waals surface area contributed by atoms with E-state index in [2.05, 4.69) is 10.6 Å². The average Bonchev–Trinajstić information content (AvgIpc) is 2.43. The highest BCUT2D eigenvalue weighted by Crippen LogP contribution is 2.27. The van der Waals surface area contributed by atoms with Crippen LogP contribution in [0.3, 0.4) is 0 Å². The Morgan fingerprint density at radius 3 is 2.43 bits per heavy atom. The maximum Gasteiger partial charge on any atom is 0.323 e. The van der Waals surface area contributed by atoms with Gasteiger partial charge in [0.05, 0.1) is 4.92 Å². The van der Waals surface area contributed by atoms with Crippen LogP contribution < -0.4 is 10.6 Å². The molecule has 6 nitrogen and oxygen atoms in total. The predicted molar refractivity (Wildman–Crippen MR) is 77.1 cm³/mol. The van der Waals surface area contributed by atoms with Crippen LogP contribution in [0.25, 0.3) is 0 Å². The van der Waals surface area contributed by atoms with Gasteiger partial charge in [-0.05, 0) is 36.4 Å².